The van der Waals surface area contributed by atoms with E-state index in [0.717, 1.165) is 14.5 Å². The quantitative estimate of drug-likeness (QED) is 0.774. The van der Waals surface area contributed by atoms with Crippen molar-refractivity contribution in [2.45, 2.75) is 0 Å². The summed E-state index contributed by atoms with van der Waals surface area (Å²) < 4.78 is 0.832. The second-order valence-electron chi connectivity index (χ2n) is 1.87. The van der Waals surface area contributed by atoms with E-state index in [-0.39, 0.29) is 0 Å². The van der Waals surface area contributed by atoms with Crippen LogP contribution in [0.15, 0.2) is 20.7 Å². The van der Waals surface area contributed by atoms with Crippen molar-refractivity contribution in [2.24, 2.45) is 0 Å². The van der Waals surface area contributed by atoms with Crippen molar-refractivity contribution < 1.29 is 0 Å². The lowest BCUT2D eigenvalue weighted by Gasteiger charge is -1.82. The number of nitrogens with zero attached hydrogens (tertiary/aromatic N) is 2. The predicted molar refractivity (Wildman–Crippen MR) is 50.9 cm³/mol. The number of hydrogen-bond acceptors (Lipinski definition) is 4. The van der Waals surface area contributed by atoms with Crippen LogP contribution >= 0.6 is 38.6 Å². The van der Waals surface area contributed by atoms with Crippen molar-refractivity contribution in [3.63, 3.8) is 0 Å². The van der Waals surface area contributed by atoms with E-state index in [0.29, 0.717) is 0 Å². The zero-order chi connectivity index (χ0) is 7.68. The molecule has 2 aromatic rings. The van der Waals surface area contributed by atoms with Crippen LogP contribution in [0.3, 0.4) is 0 Å². The summed E-state index contributed by atoms with van der Waals surface area (Å²) in [5, 5.41) is 12.9. The fourth-order valence-electron chi connectivity index (χ4n) is 0.708. The Kier molecular flexibility index (Phi) is 2.02. The van der Waals surface area contributed by atoms with Gasteiger partial charge in [-0.2, -0.15) is 11.3 Å². The molecule has 5 heteroatoms. The predicted octanol–water partition coefficient (Wildman–Crippen LogP) is 3.03. The summed E-state index contributed by atoms with van der Waals surface area (Å²) in [7, 11) is 0. The zero-order valence-electron chi connectivity index (χ0n) is 5.32. The van der Waals surface area contributed by atoms with Gasteiger partial charge >= 0.3 is 0 Å². The highest BCUT2D eigenvalue weighted by atomic mass is 79.9. The molecule has 0 aromatic carbocycles. The van der Waals surface area contributed by atoms with Gasteiger partial charge in [0.05, 0.1) is 0 Å². The van der Waals surface area contributed by atoms with Gasteiger partial charge in [-0.05, 0) is 27.4 Å². The van der Waals surface area contributed by atoms with E-state index in [2.05, 4.69) is 31.5 Å². The van der Waals surface area contributed by atoms with Crippen LogP contribution < -0.4 is 0 Å². The molecular formula is C6H3BrN2S2. The van der Waals surface area contributed by atoms with Gasteiger partial charge in [0.1, 0.15) is 5.01 Å². The zero-order valence-corrected chi connectivity index (χ0v) is 8.54. The largest absolute Gasteiger partial charge is 0.183 e. The second kappa shape index (κ2) is 3.00. The third kappa shape index (κ3) is 1.50. The molecule has 2 heterocycles. The van der Waals surface area contributed by atoms with Gasteiger partial charge in [0, 0.05) is 10.9 Å². The first-order chi connectivity index (χ1) is 5.36. The van der Waals surface area contributed by atoms with Gasteiger partial charge in [0.15, 0.2) is 3.92 Å². The third-order valence-electron chi connectivity index (χ3n) is 1.17. The summed E-state index contributed by atoms with van der Waals surface area (Å²) in [5.41, 5.74) is 1.15. The molecule has 56 valence electrons. The molecule has 2 rings (SSSR count). The minimum Gasteiger partial charge on any atom is -0.152 e. The first-order valence-electron chi connectivity index (χ1n) is 2.88. The smallest absolute Gasteiger partial charge is 0.152 e. The van der Waals surface area contributed by atoms with Crippen LogP contribution in [0, 0.1) is 0 Å². The number of rotatable bonds is 1. The monoisotopic (exact) mass is 246 g/mol. The van der Waals surface area contributed by atoms with Gasteiger partial charge in [-0.3, -0.25) is 0 Å². The summed E-state index contributed by atoms with van der Waals surface area (Å²) in [6.45, 7) is 0. The molecule has 0 saturated carbocycles. The van der Waals surface area contributed by atoms with E-state index in [1.165, 1.54) is 0 Å². The Morgan fingerprint density at radius 1 is 1.36 bits per heavy atom. The molecule has 0 N–H and O–H groups in total. The van der Waals surface area contributed by atoms with Crippen LogP contribution in [-0.4, -0.2) is 10.2 Å². The molecule has 2 aromatic heterocycles. The maximum Gasteiger partial charge on any atom is 0.183 e. The number of aromatic nitrogens is 2. The van der Waals surface area contributed by atoms with E-state index < -0.39 is 0 Å². The number of halogens is 1. The van der Waals surface area contributed by atoms with Gasteiger partial charge in [-0.1, -0.05) is 11.3 Å². The summed E-state index contributed by atoms with van der Waals surface area (Å²) in [6, 6.07) is 2.04. The number of thiophene rings is 1. The molecule has 0 aliphatic rings. The molecule has 0 aliphatic heterocycles. The summed E-state index contributed by atoms with van der Waals surface area (Å²) in [5.74, 6) is 0. The van der Waals surface area contributed by atoms with Crippen LogP contribution in [0.2, 0.25) is 0 Å². The first kappa shape index (κ1) is 7.39. The lowest BCUT2D eigenvalue weighted by atomic mass is 10.4. The van der Waals surface area contributed by atoms with Crippen molar-refractivity contribution in [2.75, 3.05) is 0 Å². The SMILES string of the molecule is Brc1nnc(-c2ccsc2)s1. The van der Waals surface area contributed by atoms with E-state index in [1.54, 1.807) is 22.7 Å². The lowest BCUT2D eigenvalue weighted by molar-refractivity contribution is 1.08. The van der Waals surface area contributed by atoms with Crippen LogP contribution in [0.1, 0.15) is 0 Å². The van der Waals surface area contributed by atoms with E-state index in [9.17, 15) is 0 Å². The third-order valence-corrected chi connectivity index (χ3v) is 3.26. The molecule has 0 amide bonds. The van der Waals surface area contributed by atoms with Crippen molar-refractivity contribution in [3.05, 3.63) is 20.7 Å². The number of hydrogen-bond donors (Lipinski definition) is 0. The lowest BCUT2D eigenvalue weighted by Crippen LogP contribution is -1.70. The molecule has 2 nitrogen and oxygen atoms in total. The van der Waals surface area contributed by atoms with Crippen molar-refractivity contribution in [1.82, 2.24) is 10.2 Å². The topological polar surface area (TPSA) is 25.8 Å². The molecule has 0 radical (unpaired) electrons. The van der Waals surface area contributed by atoms with E-state index >= 15 is 0 Å². The Labute approximate surface area is 80.0 Å². The Balaban J connectivity index is 2.45. The molecule has 0 saturated heterocycles. The van der Waals surface area contributed by atoms with Crippen molar-refractivity contribution >= 4 is 38.6 Å². The molecule has 0 bridgehead atoms. The summed E-state index contributed by atoms with van der Waals surface area (Å²) in [4.78, 5) is 0. The molecule has 0 atom stereocenters. The minimum atomic E-state index is 0.832. The van der Waals surface area contributed by atoms with Crippen LogP contribution in [0.25, 0.3) is 10.6 Å². The average Bonchev–Trinajstić information content (AvgIpc) is 2.55. The van der Waals surface area contributed by atoms with Crippen LogP contribution in [0.4, 0.5) is 0 Å². The average molecular weight is 247 g/mol. The molecule has 0 fully saturated rings. The fraction of sp³-hybridized carbons (Fsp3) is 0. The van der Waals surface area contributed by atoms with Gasteiger partial charge < -0.3 is 0 Å². The fourth-order valence-corrected chi connectivity index (χ4v) is 2.53. The Morgan fingerprint density at radius 3 is 2.82 bits per heavy atom. The van der Waals surface area contributed by atoms with Crippen molar-refractivity contribution in [1.29, 1.82) is 0 Å². The highest BCUT2D eigenvalue weighted by Crippen LogP contribution is 2.27. The maximum atomic E-state index is 3.99. The summed E-state index contributed by atoms with van der Waals surface area (Å²) in [6.07, 6.45) is 0. The highest BCUT2D eigenvalue weighted by molar-refractivity contribution is 9.11. The molecular weight excluding hydrogens is 244 g/mol. The van der Waals surface area contributed by atoms with E-state index in [4.69, 9.17) is 0 Å². The van der Waals surface area contributed by atoms with Gasteiger partial charge in [0.25, 0.3) is 0 Å². The van der Waals surface area contributed by atoms with Gasteiger partial charge in [-0.25, -0.2) is 0 Å². The van der Waals surface area contributed by atoms with E-state index in [1.807, 2.05) is 11.4 Å². The molecule has 0 spiro atoms. The highest BCUT2D eigenvalue weighted by Gasteiger charge is 2.03. The van der Waals surface area contributed by atoms with Gasteiger partial charge in [-0.15, -0.1) is 10.2 Å². The van der Waals surface area contributed by atoms with Crippen molar-refractivity contribution in [3.8, 4) is 10.6 Å². The Morgan fingerprint density at radius 2 is 2.27 bits per heavy atom. The minimum absolute atomic E-state index is 0.832. The Bertz CT molecular complexity index is 341. The normalized spacial score (nSPS) is 10.3. The Hall–Kier alpha value is -0.260. The molecule has 11 heavy (non-hydrogen) atoms. The second-order valence-corrected chi connectivity index (χ2v) is 4.91. The van der Waals surface area contributed by atoms with Crippen LogP contribution in [-0.2, 0) is 0 Å². The summed E-state index contributed by atoms with van der Waals surface area (Å²) >= 11 is 6.48. The standard InChI is InChI=1S/C6H3BrN2S2/c7-6-9-8-5(11-6)4-1-2-10-3-4/h1-3H. The molecule has 0 unspecified atom stereocenters. The first-order valence-corrected chi connectivity index (χ1v) is 5.43. The van der Waals surface area contributed by atoms with Crippen LogP contribution in [0.5, 0.6) is 0 Å². The van der Waals surface area contributed by atoms with Gasteiger partial charge in [0.2, 0.25) is 0 Å². The maximum absolute atomic E-state index is 3.99. The molecule has 0 aliphatic carbocycles.